The number of benzene rings is 2. The molecule has 0 atom stereocenters. The van der Waals surface area contributed by atoms with Crippen LogP contribution in [-0.2, 0) is 11.3 Å². The van der Waals surface area contributed by atoms with Crippen LogP contribution < -0.4 is 10.9 Å². The molecule has 8 heteroatoms. The second kappa shape index (κ2) is 10.00. The first-order chi connectivity index (χ1) is 15.2. The maximum Gasteiger partial charge on any atom is 0.263 e. The summed E-state index contributed by atoms with van der Waals surface area (Å²) in [6, 6.07) is 19.5. The molecule has 4 aromatic rings. The number of aromatic nitrogens is 2. The number of rotatable bonds is 8. The van der Waals surface area contributed by atoms with Crippen LogP contribution in [0.25, 0.3) is 10.2 Å². The van der Waals surface area contributed by atoms with Crippen molar-refractivity contribution in [3.05, 3.63) is 89.1 Å². The van der Waals surface area contributed by atoms with Crippen molar-refractivity contribution in [2.24, 2.45) is 0 Å². The summed E-state index contributed by atoms with van der Waals surface area (Å²) in [7, 11) is 0. The summed E-state index contributed by atoms with van der Waals surface area (Å²) in [5.74, 6) is -0.0121. The number of hydrogen-bond acceptors (Lipinski definition) is 6. The Hall–Kier alpha value is -2.81. The van der Waals surface area contributed by atoms with Crippen molar-refractivity contribution in [2.45, 2.75) is 21.5 Å². The summed E-state index contributed by atoms with van der Waals surface area (Å²) in [5.41, 5.74) is 0.644. The standard InChI is InChI=1S/C23H19N3O2S3/c1-2-13-26-22(28)17-12-14-29-21(17)25-23(26)30-15-20(27)24-18-10-6-7-11-19(18)31-16-8-4-3-5-9-16/h2-12,14H,1,13,15H2,(H,24,27). The minimum atomic E-state index is -0.156. The quantitative estimate of drug-likeness (QED) is 0.211. The molecule has 2 aromatic carbocycles. The lowest BCUT2D eigenvalue weighted by molar-refractivity contribution is -0.113. The van der Waals surface area contributed by atoms with E-state index in [1.807, 2.05) is 60.0 Å². The Bertz CT molecular complexity index is 1280. The number of nitrogens with zero attached hydrogens (tertiary/aromatic N) is 2. The number of fused-ring (bicyclic) bond motifs is 1. The first-order valence-corrected chi connectivity index (χ1v) is 12.2. The van der Waals surface area contributed by atoms with E-state index in [1.165, 1.54) is 23.1 Å². The minimum absolute atomic E-state index is 0.112. The number of allylic oxidation sites excluding steroid dienone is 1. The molecule has 5 nitrogen and oxygen atoms in total. The molecule has 4 rings (SSSR count). The third-order valence-corrected chi connectivity index (χ3v) is 7.19. The Morgan fingerprint density at radius 2 is 1.90 bits per heavy atom. The van der Waals surface area contributed by atoms with Gasteiger partial charge in [-0.2, -0.15) is 0 Å². The summed E-state index contributed by atoms with van der Waals surface area (Å²) in [6.07, 6.45) is 1.66. The molecule has 2 aromatic heterocycles. The Labute approximate surface area is 192 Å². The second-order valence-electron chi connectivity index (χ2n) is 6.49. The van der Waals surface area contributed by atoms with Crippen LogP contribution in [0.15, 0.2) is 98.4 Å². The van der Waals surface area contributed by atoms with Crippen molar-refractivity contribution in [3.63, 3.8) is 0 Å². The van der Waals surface area contributed by atoms with Gasteiger partial charge in [0.15, 0.2) is 5.16 Å². The highest BCUT2D eigenvalue weighted by Crippen LogP contribution is 2.33. The van der Waals surface area contributed by atoms with E-state index in [0.717, 1.165) is 15.5 Å². The van der Waals surface area contributed by atoms with Gasteiger partial charge in [-0.15, -0.1) is 17.9 Å². The molecule has 0 bridgehead atoms. The lowest BCUT2D eigenvalue weighted by Gasteiger charge is -2.12. The normalized spacial score (nSPS) is 10.8. The maximum atomic E-state index is 12.7. The predicted molar refractivity (Wildman–Crippen MR) is 130 cm³/mol. The number of nitrogens with one attached hydrogen (secondary N) is 1. The van der Waals surface area contributed by atoms with E-state index in [0.29, 0.717) is 21.9 Å². The van der Waals surface area contributed by atoms with Crippen LogP contribution in [0.5, 0.6) is 0 Å². The average molecular weight is 466 g/mol. The highest BCUT2D eigenvalue weighted by Gasteiger charge is 2.14. The Kier molecular flexibility index (Phi) is 6.91. The van der Waals surface area contributed by atoms with Crippen LogP contribution in [-0.4, -0.2) is 21.2 Å². The molecule has 0 saturated carbocycles. The van der Waals surface area contributed by atoms with Gasteiger partial charge in [0.05, 0.1) is 16.8 Å². The molecule has 0 unspecified atom stereocenters. The molecule has 1 N–H and O–H groups in total. The van der Waals surface area contributed by atoms with Crippen molar-refractivity contribution >= 4 is 56.7 Å². The summed E-state index contributed by atoms with van der Waals surface area (Å²) in [5, 5.41) is 5.94. The second-order valence-corrected chi connectivity index (χ2v) is 9.44. The Balaban J connectivity index is 1.49. The fourth-order valence-electron chi connectivity index (χ4n) is 2.92. The Morgan fingerprint density at radius 3 is 2.71 bits per heavy atom. The number of anilines is 1. The fourth-order valence-corrected chi connectivity index (χ4v) is 5.46. The molecule has 0 aliphatic heterocycles. The molecule has 2 heterocycles. The fraction of sp³-hybridized carbons (Fsp3) is 0.0870. The van der Waals surface area contributed by atoms with Gasteiger partial charge in [-0.25, -0.2) is 4.98 Å². The summed E-state index contributed by atoms with van der Waals surface area (Å²) in [4.78, 5) is 32.7. The van der Waals surface area contributed by atoms with Crippen LogP contribution in [0.1, 0.15) is 0 Å². The lowest BCUT2D eigenvalue weighted by atomic mass is 10.3. The van der Waals surface area contributed by atoms with Gasteiger partial charge < -0.3 is 5.32 Å². The molecule has 0 fully saturated rings. The molecule has 0 saturated heterocycles. The van der Waals surface area contributed by atoms with Crippen molar-refractivity contribution in [2.75, 3.05) is 11.1 Å². The van der Waals surface area contributed by atoms with Crippen LogP contribution >= 0.6 is 34.9 Å². The topological polar surface area (TPSA) is 64.0 Å². The molecule has 0 aliphatic rings. The van der Waals surface area contributed by atoms with Gasteiger partial charge in [0, 0.05) is 16.3 Å². The summed E-state index contributed by atoms with van der Waals surface area (Å²) < 4.78 is 1.55. The van der Waals surface area contributed by atoms with E-state index in [2.05, 4.69) is 16.9 Å². The van der Waals surface area contributed by atoms with Crippen molar-refractivity contribution in [1.82, 2.24) is 9.55 Å². The zero-order valence-corrected chi connectivity index (χ0v) is 18.9. The highest BCUT2D eigenvalue weighted by atomic mass is 32.2. The van der Waals surface area contributed by atoms with Gasteiger partial charge in [0.25, 0.3) is 5.56 Å². The van der Waals surface area contributed by atoms with Gasteiger partial charge >= 0.3 is 0 Å². The molecule has 0 spiro atoms. The van der Waals surface area contributed by atoms with Gasteiger partial charge in [0.2, 0.25) is 5.91 Å². The van der Waals surface area contributed by atoms with Crippen molar-refractivity contribution in [3.8, 4) is 0 Å². The van der Waals surface area contributed by atoms with Crippen LogP contribution in [0.2, 0.25) is 0 Å². The van der Waals surface area contributed by atoms with E-state index in [9.17, 15) is 9.59 Å². The van der Waals surface area contributed by atoms with E-state index >= 15 is 0 Å². The zero-order valence-electron chi connectivity index (χ0n) is 16.5. The zero-order chi connectivity index (χ0) is 21.6. The monoisotopic (exact) mass is 465 g/mol. The smallest absolute Gasteiger partial charge is 0.263 e. The van der Waals surface area contributed by atoms with E-state index in [4.69, 9.17) is 0 Å². The Morgan fingerprint density at radius 1 is 1.13 bits per heavy atom. The number of thiophene rings is 1. The first kappa shape index (κ1) is 21.4. The molecular formula is C23H19N3O2S3. The van der Waals surface area contributed by atoms with E-state index < -0.39 is 0 Å². The molecule has 156 valence electrons. The van der Waals surface area contributed by atoms with Gasteiger partial charge in [-0.05, 0) is 35.7 Å². The number of carbonyl (C=O) groups excluding carboxylic acids is 1. The average Bonchev–Trinajstić information content (AvgIpc) is 3.26. The number of amides is 1. The SMILES string of the molecule is C=CCn1c(SCC(=O)Nc2ccccc2Sc2ccccc2)nc2sccc2c1=O. The first-order valence-electron chi connectivity index (χ1n) is 9.49. The van der Waals surface area contributed by atoms with E-state index in [1.54, 1.807) is 28.5 Å². The number of para-hydroxylation sites is 1. The molecule has 31 heavy (non-hydrogen) atoms. The minimum Gasteiger partial charge on any atom is -0.324 e. The third-order valence-electron chi connectivity index (χ3n) is 4.32. The van der Waals surface area contributed by atoms with Crippen molar-refractivity contribution < 1.29 is 4.79 Å². The van der Waals surface area contributed by atoms with Crippen LogP contribution in [0.3, 0.4) is 0 Å². The largest absolute Gasteiger partial charge is 0.324 e. The summed E-state index contributed by atoms with van der Waals surface area (Å²) in [6.45, 7) is 4.07. The van der Waals surface area contributed by atoms with Crippen LogP contribution in [0.4, 0.5) is 5.69 Å². The molecule has 0 radical (unpaired) electrons. The predicted octanol–water partition coefficient (Wildman–Crippen LogP) is 5.53. The molecular weight excluding hydrogens is 446 g/mol. The van der Waals surface area contributed by atoms with Gasteiger partial charge in [0.1, 0.15) is 4.83 Å². The van der Waals surface area contributed by atoms with Gasteiger partial charge in [-0.3, -0.25) is 14.2 Å². The van der Waals surface area contributed by atoms with Gasteiger partial charge in [-0.1, -0.05) is 59.9 Å². The third kappa shape index (κ3) is 5.10. The number of thioether (sulfide) groups is 1. The number of hydrogen-bond donors (Lipinski definition) is 1. The lowest BCUT2D eigenvalue weighted by Crippen LogP contribution is -2.23. The molecule has 1 amide bonds. The maximum absolute atomic E-state index is 12.7. The van der Waals surface area contributed by atoms with Crippen molar-refractivity contribution in [1.29, 1.82) is 0 Å². The number of carbonyl (C=O) groups is 1. The van der Waals surface area contributed by atoms with E-state index in [-0.39, 0.29) is 17.2 Å². The summed E-state index contributed by atoms with van der Waals surface area (Å²) >= 11 is 4.26. The van der Waals surface area contributed by atoms with Crippen LogP contribution in [0, 0.1) is 0 Å². The highest BCUT2D eigenvalue weighted by molar-refractivity contribution is 8.00. The molecule has 0 aliphatic carbocycles.